The molecule has 0 saturated carbocycles. The lowest BCUT2D eigenvalue weighted by Gasteiger charge is -2.31. The molecule has 0 atom stereocenters. The number of carbonyl (C=O) groups is 1. The van der Waals surface area contributed by atoms with E-state index >= 15 is 0 Å². The Morgan fingerprint density at radius 2 is 2.00 bits per heavy atom. The number of nitrogens with one attached hydrogen (secondary N) is 1. The summed E-state index contributed by atoms with van der Waals surface area (Å²) in [6.07, 6.45) is 1.18. The van der Waals surface area contributed by atoms with E-state index in [1.807, 2.05) is 31.2 Å². The third-order valence-corrected chi connectivity index (χ3v) is 3.54. The first kappa shape index (κ1) is 16.0. The van der Waals surface area contributed by atoms with Gasteiger partial charge in [-0.3, -0.25) is 4.79 Å². The van der Waals surface area contributed by atoms with Gasteiger partial charge >= 0.3 is 0 Å². The van der Waals surface area contributed by atoms with Crippen molar-refractivity contribution in [1.29, 1.82) is 0 Å². The number of benzene rings is 1. The minimum Gasteiger partial charge on any atom is -0.381 e. The standard InChI is InChI=1S/C14H20N2O2.ClH/c1-11-4-2-3-5-12(11)10-16-13(17)14(15)6-8-18-9-7-14;/h2-5H,6-10,15H2,1H3,(H,16,17);1H. The molecule has 4 nitrogen and oxygen atoms in total. The van der Waals surface area contributed by atoms with Crippen LogP contribution in [-0.2, 0) is 16.1 Å². The molecule has 1 amide bonds. The minimum atomic E-state index is -0.763. The van der Waals surface area contributed by atoms with Gasteiger partial charge in [0.1, 0.15) is 0 Å². The monoisotopic (exact) mass is 284 g/mol. The Hall–Kier alpha value is -1.10. The van der Waals surface area contributed by atoms with Crippen molar-refractivity contribution in [1.82, 2.24) is 5.32 Å². The van der Waals surface area contributed by atoms with E-state index in [1.165, 1.54) is 5.56 Å². The lowest BCUT2D eigenvalue weighted by molar-refractivity contribution is -0.129. The first-order valence-corrected chi connectivity index (χ1v) is 6.31. The number of hydrogen-bond acceptors (Lipinski definition) is 3. The van der Waals surface area contributed by atoms with Gasteiger partial charge in [-0.05, 0) is 30.9 Å². The predicted octanol–water partition coefficient (Wildman–Crippen LogP) is 1.54. The van der Waals surface area contributed by atoms with Crippen molar-refractivity contribution in [2.24, 2.45) is 5.73 Å². The van der Waals surface area contributed by atoms with E-state index in [0.717, 1.165) is 5.56 Å². The average molecular weight is 285 g/mol. The lowest BCUT2D eigenvalue weighted by atomic mass is 9.90. The highest BCUT2D eigenvalue weighted by Crippen LogP contribution is 2.18. The number of aryl methyl sites for hydroxylation is 1. The summed E-state index contributed by atoms with van der Waals surface area (Å²) in [7, 11) is 0. The summed E-state index contributed by atoms with van der Waals surface area (Å²) in [4.78, 5) is 12.1. The molecule has 1 aliphatic heterocycles. The topological polar surface area (TPSA) is 64.4 Å². The van der Waals surface area contributed by atoms with E-state index in [2.05, 4.69) is 5.32 Å². The molecule has 1 heterocycles. The molecule has 19 heavy (non-hydrogen) atoms. The molecule has 0 unspecified atom stereocenters. The number of rotatable bonds is 3. The van der Waals surface area contributed by atoms with Crippen LogP contribution in [0.3, 0.4) is 0 Å². The van der Waals surface area contributed by atoms with Crippen molar-refractivity contribution < 1.29 is 9.53 Å². The summed E-state index contributed by atoms with van der Waals surface area (Å²) in [6.45, 7) is 3.70. The Kier molecular flexibility index (Phi) is 5.79. The molecule has 0 spiro atoms. The van der Waals surface area contributed by atoms with Crippen LogP contribution in [0.2, 0.25) is 0 Å². The normalized spacial score (nSPS) is 17.4. The maximum Gasteiger partial charge on any atom is 0.240 e. The number of amides is 1. The van der Waals surface area contributed by atoms with E-state index in [4.69, 9.17) is 10.5 Å². The fourth-order valence-electron chi connectivity index (χ4n) is 2.12. The first-order chi connectivity index (χ1) is 8.62. The molecule has 0 radical (unpaired) electrons. The van der Waals surface area contributed by atoms with E-state index < -0.39 is 5.54 Å². The summed E-state index contributed by atoms with van der Waals surface area (Å²) >= 11 is 0. The van der Waals surface area contributed by atoms with Gasteiger partial charge in [0.05, 0.1) is 5.54 Å². The molecule has 0 aromatic heterocycles. The van der Waals surface area contributed by atoms with Crippen LogP contribution in [-0.4, -0.2) is 24.7 Å². The molecule has 1 fully saturated rings. The Morgan fingerprint density at radius 3 is 2.63 bits per heavy atom. The summed E-state index contributed by atoms with van der Waals surface area (Å²) in [6, 6.07) is 8.02. The highest BCUT2D eigenvalue weighted by molar-refractivity contribution is 5.86. The number of ether oxygens (including phenoxy) is 1. The zero-order chi connectivity index (χ0) is 13.0. The second kappa shape index (κ2) is 6.89. The van der Waals surface area contributed by atoms with Crippen LogP contribution in [0.25, 0.3) is 0 Å². The maximum absolute atomic E-state index is 12.1. The first-order valence-electron chi connectivity index (χ1n) is 6.31. The smallest absolute Gasteiger partial charge is 0.240 e. The minimum absolute atomic E-state index is 0. The van der Waals surface area contributed by atoms with Crippen LogP contribution >= 0.6 is 12.4 Å². The summed E-state index contributed by atoms with van der Waals surface area (Å²) in [5.74, 6) is -0.0750. The van der Waals surface area contributed by atoms with Crippen molar-refractivity contribution in [2.75, 3.05) is 13.2 Å². The fraction of sp³-hybridized carbons (Fsp3) is 0.500. The van der Waals surface area contributed by atoms with Crippen LogP contribution in [0.5, 0.6) is 0 Å². The summed E-state index contributed by atoms with van der Waals surface area (Å²) in [5.41, 5.74) is 7.65. The largest absolute Gasteiger partial charge is 0.381 e. The maximum atomic E-state index is 12.1. The third kappa shape index (κ3) is 3.93. The second-order valence-electron chi connectivity index (χ2n) is 4.88. The Labute approximate surface area is 120 Å². The second-order valence-corrected chi connectivity index (χ2v) is 4.88. The number of halogens is 1. The number of hydrogen-bond donors (Lipinski definition) is 2. The highest BCUT2D eigenvalue weighted by atomic mass is 35.5. The molecular formula is C14H21ClN2O2. The molecule has 1 aromatic rings. The van der Waals surface area contributed by atoms with Crippen LogP contribution in [0.1, 0.15) is 24.0 Å². The predicted molar refractivity (Wildman–Crippen MR) is 77.2 cm³/mol. The SMILES string of the molecule is Cc1ccccc1CNC(=O)C1(N)CCOCC1.Cl. The fourth-order valence-corrected chi connectivity index (χ4v) is 2.12. The van der Waals surface area contributed by atoms with Gasteiger partial charge in [-0.15, -0.1) is 12.4 Å². The Bertz CT molecular complexity index is 431. The zero-order valence-corrected chi connectivity index (χ0v) is 12.0. The molecule has 3 N–H and O–H groups in total. The van der Waals surface area contributed by atoms with Crippen molar-refractivity contribution in [3.05, 3.63) is 35.4 Å². The average Bonchev–Trinajstić information content (AvgIpc) is 2.38. The van der Waals surface area contributed by atoms with E-state index in [1.54, 1.807) is 0 Å². The quantitative estimate of drug-likeness (QED) is 0.885. The molecule has 5 heteroatoms. The van der Waals surface area contributed by atoms with Gasteiger partial charge in [-0.2, -0.15) is 0 Å². The number of nitrogens with two attached hydrogens (primary N) is 1. The molecule has 2 rings (SSSR count). The highest BCUT2D eigenvalue weighted by Gasteiger charge is 2.35. The van der Waals surface area contributed by atoms with E-state index in [-0.39, 0.29) is 18.3 Å². The Balaban J connectivity index is 0.00000180. The summed E-state index contributed by atoms with van der Waals surface area (Å²) in [5, 5.41) is 2.93. The Morgan fingerprint density at radius 1 is 1.37 bits per heavy atom. The molecule has 0 bridgehead atoms. The van der Waals surface area contributed by atoms with Gasteiger partial charge in [0.25, 0.3) is 0 Å². The molecule has 1 aliphatic rings. The van der Waals surface area contributed by atoms with Gasteiger partial charge in [-0.25, -0.2) is 0 Å². The van der Waals surface area contributed by atoms with Crippen molar-refractivity contribution >= 4 is 18.3 Å². The summed E-state index contributed by atoms with van der Waals surface area (Å²) < 4.78 is 5.24. The zero-order valence-electron chi connectivity index (χ0n) is 11.1. The van der Waals surface area contributed by atoms with Crippen LogP contribution in [0, 0.1) is 6.92 Å². The third-order valence-electron chi connectivity index (χ3n) is 3.54. The van der Waals surface area contributed by atoms with Gasteiger partial charge in [-0.1, -0.05) is 24.3 Å². The molecular weight excluding hydrogens is 264 g/mol. The lowest BCUT2D eigenvalue weighted by Crippen LogP contribution is -2.56. The van der Waals surface area contributed by atoms with Crippen LogP contribution in [0.4, 0.5) is 0 Å². The van der Waals surface area contributed by atoms with Gasteiger partial charge in [0.15, 0.2) is 0 Å². The van der Waals surface area contributed by atoms with E-state index in [0.29, 0.717) is 32.6 Å². The molecule has 0 aliphatic carbocycles. The van der Waals surface area contributed by atoms with Crippen molar-refractivity contribution in [3.63, 3.8) is 0 Å². The molecule has 1 aromatic carbocycles. The van der Waals surface area contributed by atoms with Gasteiger partial charge in [0.2, 0.25) is 5.91 Å². The van der Waals surface area contributed by atoms with E-state index in [9.17, 15) is 4.79 Å². The van der Waals surface area contributed by atoms with Gasteiger partial charge < -0.3 is 15.8 Å². The van der Waals surface area contributed by atoms with Gasteiger partial charge in [0, 0.05) is 19.8 Å². The molecule has 1 saturated heterocycles. The van der Waals surface area contributed by atoms with Crippen LogP contribution < -0.4 is 11.1 Å². The van der Waals surface area contributed by atoms with Crippen molar-refractivity contribution in [3.8, 4) is 0 Å². The number of carbonyl (C=O) groups excluding carboxylic acids is 1. The van der Waals surface area contributed by atoms with Crippen LogP contribution in [0.15, 0.2) is 24.3 Å². The van der Waals surface area contributed by atoms with Crippen molar-refractivity contribution in [2.45, 2.75) is 31.8 Å². The molecule has 106 valence electrons.